The van der Waals surface area contributed by atoms with Crippen molar-refractivity contribution in [1.29, 1.82) is 0 Å². The fraction of sp³-hybridized carbons (Fsp3) is 0.167. The lowest BCUT2D eigenvalue weighted by atomic mass is 10.1. The summed E-state index contributed by atoms with van der Waals surface area (Å²) in [5.74, 6) is 1.44. The molecule has 4 rings (SSSR count). The number of halogens is 2. The van der Waals surface area contributed by atoms with Crippen LogP contribution in [-0.2, 0) is 6.54 Å². The Labute approximate surface area is 147 Å². The highest BCUT2D eigenvalue weighted by atomic mass is 79.9. The minimum absolute atomic E-state index is 0.215. The van der Waals surface area contributed by atoms with Gasteiger partial charge in [-0.1, -0.05) is 28.1 Å². The van der Waals surface area contributed by atoms with Crippen LogP contribution in [0.2, 0.25) is 0 Å². The quantitative estimate of drug-likeness (QED) is 0.650. The molecular formula is C18H14BrFN2O2. The van der Waals surface area contributed by atoms with Crippen LogP contribution in [0.5, 0.6) is 11.5 Å². The zero-order valence-corrected chi connectivity index (χ0v) is 14.3. The zero-order chi connectivity index (χ0) is 16.5. The number of benzene rings is 2. The van der Waals surface area contributed by atoms with Crippen LogP contribution in [0.25, 0.3) is 22.5 Å². The molecule has 0 aliphatic carbocycles. The van der Waals surface area contributed by atoms with Crippen LogP contribution in [0.15, 0.2) is 53.0 Å². The van der Waals surface area contributed by atoms with Gasteiger partial charge in [0.2, 0.25) is 6.79 Å². The molecule has 0 spiro atoms. The molecule has 24 heavy (non-hydrogen) atoms. The molecule has 1 aliphatic rings. The van der Waals surface area contributed by atoms with Crippen molar-refractivity contribution in [3.8, 4) is 34.0 Å². The van der Waals surface area contributed by atoms with E-state index in [0.29, 0.717) is 5.75 Å². The molecule has 6 heteroatoms. The number of nitrogens with zero attached hydrogens (tertiary/aromatic N) is 2. The van der Waals surface area contributed by atoms with Crippen molar-refractivity contribution in [2.45, 2.75) is 6.54 Å². The van der Waals surface area contributed by atoms with Gasteiger partial charge in [-0.05, 0) is 36.4 Å². The van der Waals surface area contributed by atoms with Gasteiger partial charge < -0.3 is 9.47 Å². The fourth-order valence-corrected chi connectivity index (χ4v) is 3.14. The Kier molecular flexibility index (Phi) is 3.98. The molecule has 0 atom stereocenters. The number of ether oxygens (including phenoxy) is 2. The van der Waals surface area contributed by atoms with Crippen molar-refractivity contribution in [3.05, 3.63) is 53.0 Å². The van der Waals surface area contributed by atoms with Crippen LogP contribution >= 0.6 is 15.9 Å². The number of alkyl halides is 1. The summed E-state index contributed by atoms with van der Waals surface area (Å²) in [6.45, 7) is -0.0198. The fourth-order valence-electron chi connectivity index (χ4n) is 2.74. The first-order valence-electron chi connectivity index (χ1n) is 7.54. The van der Waals surface area contributed by atoms with Crippen LogP contribution < -0.4 is 9.47 Å². The Morgan fingerprint density at radius 3 is 2.75 bits per heavy atom. The normalized spacial score (nSPS) is 12.6. The number of hydrogen-bond donors (Lipinski definition) is 0. The van der Waals surface area contributed by atoms with E-state index in [0.717, 1.165) is 32.7 Å². The molecule has 1 aromatic heterocycles. The highest BCUT2D eigenvalue weighted by molar-refractivity contribution is 9.10. The van der Waals surface area contributed by atoms with Gasteiger partial charge in [0.1, 0.15) is 6.67 Å². The second kappa shape index (κ2) is 6.28. The Balaban J connectivity index is 1.78. The first kappa shape index (κ1) is 15.2. The maximum absolute atomic E-state index is 12.9. The highest BCUT2D eigenvalue weighted by Crippen LogP contribution is 2.36. The second-order valence-electron chi connectivity index (χ2n) is 5.41. The maximum atomic E-state index is 12.9. The molecule has 0 saturated heterocycles. The van der Waals surface area contributed by atoms with Gasteiger partial charge in [0.15, 0.2) is 11.5 Å². The molecule has 0 N–H and O–H groups in total. The van der Waals surface area contributed by atoms with Crippen molar-refractivity contribution in [2.75, 3.05) is 13.5 Å². The van der Waals surface area contributed by atoms with E-state index in [-0.39, 0.29) is 13.3 Å². The van der Waals surface area contributed by atoms with Crippen molar-refractivity contribution < 1.29 is 13.9 Å². The third-order valence-electron chi connectivity index (χ3n) is 3.86. The monoisotopic (exact) mass is 388 g/mol. The third kappa shape index (κ3) is 2.78. The van der Waals surface area contributed by atoms with Gasteiger partial charge in [0.25, 0.3) is 0 Å². The molecule has 0 unspecified atom stereocenters. The lowest BCUT2D eigenvalue weighted by Crippen LogP contribution is -2.03. The van der Waals surface area contributed by atoms with E-state index in [9.17, 15) is 4.39 Å². The Bertz CT molecular complexity index is 894. The molecule has 1 aliphatic heterocycles. The Morgan fingerprint density at radius 2 is 1.92 bits per heavy atom. The van der Waals surface area contributed by atoms with Crippen molar-refractivity contribution in [1.82, 2.24) is 9.78 Å². The number of aromatic nitrogens is 2. The molecule has 0 fully saturated rings. The van der Waals surface area contributed by atoms with Crippen molar-refractivity contribution in [2.24, 2.45) is 0 Å². The van der Waals surface area contributed by atoms with E-state index >= 15 is 0 Å². The number of fused-ring (bicyclic) bond motifs is 1. The molecular weight excluding hydrogens is 375 g/mol. The van der Waals surface area contributed by atoms with Crippen LogP contribution in [0, 0.1) is 0 Å². The van der Waals surface area contributed by atoms with Gasteiger partial charge in [-0.15, -0.1) is 0 Å². The summed E-state index contributed by atoms with van der Waals surface area (Å²) in [7, 11) is 0. The molecule has 0 saturated carbocycles. The van der Waals surface area contributed by atoms with E-state index in [1.807, 2.05) is 48.5 Å². The third-order valence-corrected chi connectivity index (χ3v) is 4.36. The molecule has 0 amide bonds. The highest BCUT2D eigenvalue weighted by Gasteiger charge is 2.17. The predicted molar refractivity (Wildman–Crippen MR) is 92.9 cm³/mol. The molecule has 122 valence electrons. The molecule has 0 radical (unpaired) electrons. The van der Waals surface area contributed by atoms with Gasteiger partial charge in [0, 0.05) is 15.6 Å². The molecule has 2 aromatic carbocycles. The summed E-state index contributed by atoms with van der Waals surface area (Å²) in [6.07, 6.45) is 0. The standard InChI is InChI=1S/C18H14BrFN2O2/c19-14-3-1-2-13(8-14)16-10-15(21-22(16)7-6-20)12-4-5-17-18(9-12)24-11-23-17/h1-5,8-10H,6-7,11H2. The summed E-state index contributed by atoms with van der Waals surface area (Å²) in [5, 5.41) is 4.57. The first-order chi connectivity index (χ1) is 11.7. The molecule has 4 nitrogen and oxygen atoms in total. The first-order valence-corrected chi connectivity index (χ1v) is 8.34. The molecule has 0 bridgehead atoms. The van der Waals surface area contributed by atoms with Crippen LogP contribution in [0.3, 0.4) is 0 Å². The van der Waals surface area contributed by atoms with Gasteiger partial charge >= 0.3 is 0 Å². The van der Waals surface area contributed by atoms with E-state index in [1.165, 1.54) is 0 Å². The summed E-state index contributed by atoms with van der Waals surface area (Å²) < 4.78 is 26.4. The smallest absolute Gasteiger partial charge is 0.231 e. The average Bonchev–Trinajstić information content (AvgIpc) is 3.21. The number of rotatable bonds is 4. The van der Waals surface area contributed by atoms with E-state index in [4.69, 9.17) is 9.47 Å². The van der Waals surface area contributed by atoms with Crippen LogP contribution in [0.4, 0.5) is 4.39 Å². The lowest BCUT2D eigenvalue weighted by Gasteiger charge is -2.05. The minimum Gasteiger partial charge on any atom is -0.454 e. The van der Waals surface area contributed by atoms with Gasteiger partial charge in [-0.2, -0.15) is 5.10 Å². The lowest BCUT2D eigenvalue weighted by molar-refractivity contribution is 0.174. The van der Waals surface area contributed by atoms with Crippen molar-refractivity contribution >= 4 is 15.9 Å². The predicted octanol–water partition coefficient (Wildman–Crippen LogP) is 4.68. The Morgan fingerprint density at radius 1 is 1.04 bits per heavy atom. The zero-order valence-electron chi connectivity index (χ0n) is 12.7. The molecule has 2 heterocycles. The summed E-state index contributed by atoms with van der Waals surface area (Å²) in [4.78, 5) is 0. The maximum Gasteiger partial charge on any atom is 0.231 e. The second-order valence-corrected chi connectivity index (χ2v) is 6.32. The van der Waals surface area contributed by atoms with Gasteiger partial charge in [-0.25, -0.2) is 4.39 Å². The van der Waals surface area contributed by atoms with E-state index < -0.39 is 6.67 Å². The minimum atomic E-state index is -0.469. The van der Waals surface area contributed by atoms with Gasteiger partial charge in [-0.3, -0.25) is 4.68 Å². The summed E-state index contributed by atoms with van der Waals surface area (Å²) in [5.41, 5.74) is 3.55. The van der Waals surface area contributed by atoms with Crippen LogP contribution in [-0.4, -0.2) is 23.2 Å². The number of hydrogen-bond acceptors (Lipinski definition) is 3. The largest absolute Gasteiger partial charge is 0.454 e. The van der Waals surface area contributed by atoms with Crippen LogP contribution in [0.1, 0.15) is 0 Å². The van der Waals surface area contributed by atoms with Gasteiger partial charge in [0.05, 0.1) is 17.9 Å². The molecule has 3 aromatic rings. The SMILES string of the molecule is FCCn1nc(-c2ccc3c(c2)OCO3)cc1-c1cccc(Br)c1. The van der Waals surface area contributed by atoms with E-state index in [2.05, 4.69) is 21.0 Å². The summed E-state index contributed by atoms with van der Waals surface area (Å²) >= 11 is 3.47. The van der Waals surface area contributed by atoms with E-state index in [1.54, 1.807) is 4.68 Å². The summed E-state index contributed by atoms with van der Waals surface area (Å²) in [6, 6.07) is 15.6. The Hall–Kier alpha value is -2.34. The topological polar surface area (TPSA) is 36.3 Å². The average molecular weight is 389 g/mol. The van der Waals surface area contributed by atoms with Crippen molar-refractivity contribution in [3.63, 3.8) is 0 Å². The number of aryl methyl sites for hydroxylation is 1.